The van der Waals surface area contributed by atoms with Crippen LogP contribution in [0.15, 0.2) is 133 Å². The maximum absolute atomic E-state index is 2.76. The molecule has 0 bridgehead atoms. The van der Waals surface area contributed by atoms with Crippen molar-refractivity contribution in [1.29, 1.82) is 0 Å². The van der Waals surface area contributed by atoms with Gasteiger partial charge in [0.15, 0.2) is 0 Å². The van der Waals surface area contributed by atoms with Gasteiger partial charge in [-0.15, -0.1) is 0 Å². The van der Waals surface area contributed by atoms with Gasteiger partial charge < -0.3 is 14.7 Å². The highest BCUT2D eigenvalue weighted by atomic mass is 15.2. The lowest BCUT2D eigenvalue weighted by molar-refractivity contribution is 0.332. The van der Waals surface area contributed by atoms with Gasteiger partial charge in [0, 0.05) is 51.2 Å². The van der Waals surface area contributed by atoms with Crippen LogP contribution in [0.4, 0.5) is 51.2 Å². The minimum Gasteiger partial charge on any atom is -0.311 e. The summed E-state index contributed by atoms with van der Waals surface area (Å²) in [5.41, 5.74) is 27.2. The summed E-state index contributed by atoms with van der Waals surface area (Å²) in [5, 5.41) is 0. The molecule has 0 spiro atoms. The van der Waals surface area contributed by atoms with Crippen LogP contribution >= 0.6 is 0 Å². The summed E-state index contributed by atoms with van der Waals surface area (Å²) in [5.74, 6) is 0. The number of para-hydroxylation sites is 2. The smallest absolute Gasteiger partial charge is 0.252 e. The fourth-order valence-corrected chi connectivity index (χ4v) is 14.8. The number of fused-ring (bicyclic) bond motifs is 7. The average molecular weight is 974 g/mol. The summed E-state index contributed by atoms with van der Waals surface area (Å²) >= 11 is 0. The van der Waals surface area contributed by atoms with E-state index in [9.17, 15) is 0 Å². The fraction of sp³-hybridized carbons (Fsp3) is 0.400. The Labute approximate surface area is 445 Å². The zero-order chi connectivity index (χ0) is 52.4. The van der Waals surface area contributed by atoms with E-state index in [1.165, 1.54) is 121 Å². The van der Waals surface area contributed by atoms with Crippen LogP contribution in [0.2, 0.25) is 0 Å². The molecule has 0 unspecified atom stereocenters. The minimum absolute atomic E-state index is 0.0156. The second-order valence-corrected chi connectivity index (χ2v) is 28.4. The number of anilines is 9. The molecule has 3 aliphatic carbocycles. The molecule has 5 aliphatic rings. The van der Waals surface area contributed by atoms with Crippen molar-refractivity contribution >= 4 is 74.3 Å². The predicted octanol–water partition coefficient (Wildman–Crippen LogP) is 17.5. The monoisotopic (exact) mass is 974 g/mol. The molecule has 4 heteroatoms. The first-order valence-electron chi connectivity index (χ1n) is 28.0. The van der Waals surface area contributed by atoms with Gasteiger partial charge in [0.2, 0.25) is 0 Å². The average Bonchev–Trinajstić information content (AvgIpc) is 3.58. The Morgan fingerprint density at radius 3 is 1.45 bits per heavy atom. The lowest BCUT2D eigenvalue weighted by Gasteiger charge is -2.47. The zero-order valence-electron chi connectivity index (χ0n) is 47.7. The second kappa shape index (κ2) is 16.0. The third kappa shape index (κ3) is 7.41. The molecule has 0 radical (unpaired) electrons. The van der Waals surface area contributed by atoms with Crippen LogP contribution in [-0.4, -0.2) is 6.71 Å². The van der Waals surface area contributed by atoms with Gasteiger partial charge in [-0.05, 0) is 217 Å². The molecule has 0 fully saturated rings. The molecule has 2 aliphatic heterocycles. The number of benzene rings is 7. The minimum atomic E-state index is -0.128. The van der Waals surface area contributed by atoms with Gasteiger partial charge in [-0.1, -0.05) is 158 Å². The van der Waals surface area contributed by atoms with Crippen LogP contribution in [0, 0.1) is 6.92 Å². The van der Waals surface area contributed by atoms with Crippen molar-refractivity contribution in [3.05, 3.63) is 178 Å². The number of hydrogen-bond acceptors (Lipinski definition) is 3. The topological polar surface area (TPSA) is 9.72 Å². The first-order chi connectivity index (χ1) is 34.7. The Kier molecular flexibility index (Phi) is 10.6. The molecule has 378 valence electrons. The zero-order valence-corrected chi connectivity index (χ0v) is 47.7. The SMILES string of the molecule is Cc1cc2c(cc1N1c3cc4c(cc3B3c5cc(N(c6ccccc6)c6ccccc6)ccc5N(c5ccc6c(c5)C(C)(C)CCC6(C)C)c5cc(C(C)(C)C)cc1c53)C(C)(C)CC4(C)C)C(C)(C)CCC2(C)C. The summed E-state index contributed by atoms with van der Waals surface area (Å²) < 4.78 is 0. The van der Waals surface area contributed by atoms with E-state index >= 15 is 0 Å². The summed E-state index contributed by atoms with van der Waals surface area (Å²) in [6, 6.07) is 52.7. The summed E-state index contributed by atoms with van der Waals surface area (Å²) in [4.78, 5) is 7.91. The standard InChI is InChI=1S/C70H80BN3/c1-44-35-51-54(68(11,12)34-33-66(51,7)8)41-59(44)74-60-42-55-53(69(13,14)43-70(55,15)16)40-57(60)71-56-39-49(72(46-23-19-17-20-24-46)47-25-21-18-22-26-47)28-30-58(56)73(61-36-45(64(2,3)4)37-62(74)63(61)71)48-27-29-50-52(38-48)67(9,10)32-31-65(50,5)6/h17-30,35-42H,31-34,43H2,1-16H3. The van der Waals surface area contributed by atoms with E-state index in [2.05, 4.69) is 259 Å². The highest BCUT2D eigenvalue weighted by Gasteiger charge is 2.50. The third-order valence-corrected chi connectivity index (χ3v) is 19.2. The normalized spacial score (nSPS) is 19.6. The van der Waals surface area contributed by atoms with E-state index in [1.807, 2.05) is 0 Å². The third-order valence-electron chi connectivity index (χ3n) is 19.2. The molecular formula is C70H80BN3. The lowest BCUT2D eigenvalue weighted by Crippen LogP contribution is -2.61. The highest BCUT2D eigenvalue weighted by Crippen LogP contribution is 2.56. The maximum atomic E-state index is 2.76. The molecule has 7 aromatic carbocycles. The van der Waals surface area contributed by atoms with Crippen LogP contribution < -0.4 is 31.1 Å². The number of aryl methyl sites for hydroxylation is 1. The summed E-state index contributed by atoms with van der Waals surface area (Å²) in [6.07, 6.45) is 5.83. The molecule has 0 atom stereocenters. The molecule has 2 heterocycles. The van der Waals surface area contributed by atoms with Crippen molar-refractivity contribution in [3.63, 3.8) is 0 Å². The Morgan fingerprint density at radius 1 is 0.405 bits per heavy atom. The van der Waals surface area contributed by atoms with E-state index in [4.69, 9.17) is 0 Å². The van der Waals surface area contributed by atoms with Gasteiger partial charge in [0.1, 0.15) is 0 Å². The quantitative estimate of drug-likeness (QED) is 0.159. The number of hydrogen-bond donors (Lipinski definition) is 0. The summed E-state index contributed by atoms with van der Waals surface area (Å²) in [6.45, 7) is 39.3. The van der Waals surface area contributed by atoms with Gasteiger partial charge >= 0.3 is 0 Å². The van der Waals surface area contributed by atoms with Crippen LogP contribution in [0.3, 0.4) is 0 Å². The first-order valence-corrected chi connectivity index (χ1v) is 28.0. The van der Waals surface area contributed by atoms with E-state index < -0.39 is 0 Å². The van der Waals surface area contributed by atoms with Crippen LogP contribution in [-0.2, 0) is 37.9 Å². The Morgan fingerprint density at radius 2 is 0.878 bits per heavy atom. The van der Waals surface area contributed by atoms with Crippen molar-refractivity contribution in [2.45, 2.75) is 181 Å². The van der Waals surface area contributed by atoms with E-state index in [1.54, 1.807) is 0 Å². The maximum Gasteiger partial charge on any atom is 0.252 e. The molecule has 3 nitrogen and oxygen atoms in total. The van der Waals surface area contributed by atoms with Gasteiger partial charge in [-0.2, -0.15) is 0 Å². The fourth-order valence-electron chi connectivity index (χ4n) is 14.8. The summed E-state index contributed by atoms with van der Waals surface area (Å²) in [7, 11) is 0. The van der Waals surface area contributed by atoms with Gasteiger partial charge in [-0.3, -0.25) is 0 Å². The Hall–Kier alpha value is -6.00. The second-order valence-electron chi connectivity index (χ2n) is 28.4. The number of nitrogens with zero attached hydrogens (tertiary/aromatic N) is 3. The van der Waals surface area contributed by atoms with Crippen molar-refractivity contribution in [1.82, 2.24) is 0 Å². The van der Waals surface area contributed by atoms with Crippen LogP contribution in [0.5, 0.6) is 0 Å². The van der Waals surface area contributed by atoms with Gasteiger partial charge in [-0.25, -0.2) is 0 Å². The molecule has 7 aromatic rings. The van der Waals surface area contributed by atoms with Crippen molar-refractivity contribution in [2.75, 3.05) is 14.7 Å². The van der Waals surface area contributed by atoms with E-state index in [0.29, 0.717) is 0 Å². The van der Waals surface area contributed by atoms with E-state index in [-0.39, 0.29) is 44.6 Å². The lowest BCUT2D eigenvalue weighted by atomic mass is 9.33. The first kappa shape index (κ1) is 48.9. The van der Waals surface area contributed by atoms with Crippen molar-refractivity contribution in [2.24, 2.45) is 0 Å². The molecule has 0 saturated heterocycles. The largest absolute Gasteiger partial charge is 0.311 e. The van der Waals surface area contributed by atoms with Crippen molar-refractivity contribution in [3.8, 4) is 0 Å². The predicted molar refractivity (Wildman–Crippen MR) is 320 cm³/mol. The molecule has 0 saturated carbocycles. The Balaban J connectivity index is 1.22. The molecule has 0 amide bonds. The molecule has 12 rings (SSSR count). The molecular weight excluding hydrogens is 894 g/mol. The van der Waals surface area contributed by atoms with Gasteiger partial charge in [0.25, 0.3) is 6.71 Å². The molecule has 74 heavy (non-hydrogen) atoms. The van der Waals surface area contributed by atoms with Crippen LogP contribution in [0.1, 0.15) is 180 Å². The van der Waals surface area contributed by atoms with Crippen LogP contribution in [0.25, 0.3) is 0 Å². The van der Waals surface area contributed by atoms with Gasteiger partial charge in [0.05, 0.1) is 0 Å². The molecule has 0 aromatic heterocycles. The number of rotatable bonds is 5. The molecule has 0 N–H and O–H groups in total. The highest BCUT2D eigenvalue weighted by molar-refractivity contribution is 7.00. The van der Waals surface area contributed by atoms with E-state index in [0.717, 1.165) is 23.5 Å². The van der Waals surface area contributed by atoms with Crippen molar-refractivity contribution < 1.29 is 0 Å². The Bertz CT molecular complexity index is 3400.